The fraction of sp³-hybridized carbons (Fsp3) is 0.300. The van der Waals surface area contributed by atoms with Gasteiger partial charge >= 0.3 is 0 Å². The molecule has 4 heteroatoms. The topological polar surface area (TPSA) is 54.1 Å². The number of H-pyrrole nitrogens is 1. The van der Waals surface area contributed by atoms with Crippen LogP contribution in [0.5, 0.6) is 0 Å². The van der Waals surface area contributed by atoms with E-state index in [1.165, 1.54) is 6.08 Å². The molecule has 1 aromatic heterocycles. The molecule has 0 bridgehead atoms. The van der Waals surface area contributed by atoms with Crippen LogP contribution in [0.3, 0.4) is 0 Å². The quantitative estimate of drug-likeness (QED) is 0.736. The molecule has 4 nitrogen and oxygen atoms in total. The Bertz CT molecular complexity index is 356. The highest BCUT2D eigenvalue weighted by Crippen LogP contribution is 2.18. The van der Waals surface area contributed by atoms with Gasteiger partial charge in [-0.3, -0.25) is 4.79 Å². The van der Waals surface area contributed by atoms with Gasteiger partial charge in [-0.15, -0.1) is 0 Å². The van der Waals surface area contributed by atoms with Crippen molar-refractivity contribution in [3.63, 3.8) is 0 Å². The molecule has 1 aromatic rings. The predicted octanol–water partition coefficient (Wildman–Crippen LogP) is 0.586. The summed E-state index contributed by atoms with van der Waals surface area (Å²) in [6.07, 6.45) is 5.69. The van der Waals surface area contributed by atoms with Crippen molar-refractivity contribution in [2.45, 2.75) is 12.1 Å². The lowest BCUT2D eigenvalue weighted by atomic mass is 10.1. The Hall–Kier alpha value is -1.55. The standard InChI is InChI=1S/C10H12N2O2/c1-14-10(5-4-9(13)12-10)7-8-3-2-6-11-8/h2-6,11H,7H2,1H3,(H,12,13). The maximum atomic E-state index is 11.1. The molecule has 0 fully saturated rings. The van der Waals surface area contributed by atoms with Crippen molar-refractivity contribution in [1.29, 1.82) is 0 Å². The number of rotatable bonds is 3. The predicted molar refractivity (Wildman–Crippen MR) is 51.5 cm³/mol. The average molecular weight is 192 g/mol. The fourth-order valence-corrected chi connectivity index (χ4v) is 1.56. The van der Waals surface area contributed by atoms with Crippen molar-refractivity contribution in [3.8, 4) is 0 Å². The highest BCUT2D eigenvalue weighted by atomic mass is 16.5. The number of aromatic nitrogens is 1. The fourth-order valence-electron chi connectivity index (χ4n) is 1.56. The summed E-state index contributed by atoms with van der Waals surface area (Å²) in [7, 11) is 1.58. The summed E-state index contributed by atoms with van der Waals surface area (Å²) in [5, 5.41) is 2.76. The molecular weight excluding hydrogens is 180 g/mol. The molecule has 0 radical (unpaired) electrons. The summed E-state index contributed by atoms with van der Waals surface area (Å²) in [6.45, 7) is 0. The number of carbonyl (C=O) groups excluding carboxylic acids is 1. The van der Waals surface area contributed by atoms with Crippen LogP contribution in [0.25, 0.3) is 0 Å². The number of hydrogen-bond donors (Lipinski definition) is 2. The minimum Gasteiger partial charge on any atom is -0.365 e. The van der Waals surface area contributed by atoms with Gasteiger partial charge in [-0.25, -0.2) is 0 Å². The van der Waals surface area contributed by atoms with Crippen molar-refractivity contribution < 1.29 is 9.53 Å². The summed E-state index contributed by atoms with van der Waals surface area (Å²) >= 11 is 0. The molecule has 0 aliphatic carbocycles. The van der Waals surface area contributed by atoms with Crippen LogP contribution in [0, 0.1) is 0 Å². The maximum Gasteiger partial charge on any atom is 0.246 e. The Labute approximate surface area is 82.0 Å². The number of aromatic amines is 1. The van der Waals surface area contributed by atoms with Gasteiger partial charge in [0.05, 0.1) is 0 Å². The SMILES string of the molecule is COC1(Cc2ccc[nH]2)C=CC(=O)N1. The Kier molecular flexibility index (Phi) is 2.13. The lowest BCUT2D eigenvalue weighted by molar-refractivity contribution is -0.121. The summed E-state index contributed by atoms with van der Waals surface area (Å²) in [5.41, 5.74) is 0.348. The van der Waals surface area contributed by atoms with Gasteiger partial charge < -0.3 is 15.0 Å². The van der Waals surface area contributed by atoms with Gasteiger partial charge in [0.2, 0.25) is 5.91 Å². The van der Waals surface area contributed by atoms with E-state index in [-0.39, 0.29) is 5.91 Å². The molecule has 14 heavy (non-hydrogen) atoms. The lowest BCUT2D eigenvalue weighted by Gasteiger charge is -2.25. The summed E-state index contributed by atoms with van der Waals surface area (Å²) in [4.78, 5) is 14.1. The third-order valence-electron chi connectivity index (χ3n) is 2.32. The molecule has 2 rings (SSSR count). The highest BCUT2D eigenvalue weighted by Gasteiger charge is 2.33. The van der Waals surface area contributed by atoms with Crippen molar-refractivity contribution in [3.05, 3.63) is 36.2 Å². The minimum absolute atomic E-state index is 0.113. The summed E-state index contributed by atoms with van der Waals surface area (Å²) in [6, 6.07) is 3.87. The molecule has 1 aliphatic heterocycles. The van der Waals surface area contributed by atoms with Gasteiger partial charge in [0, 0.05) is 31.5 Å². The smallest absolute Gasteiger partial charge is 0.246 e. The van der Waals surface area contributed by atoms with Crippen LogP contribution in [0.1, 0.15) is 5.69 Å². The Morgan fingerprint density at radius 2 is 2.43 bits per heavy atom. The second-order valence-corrected chi connectivity index (χ2v) is 3.29. The number of amides is 1. The lowest BCUT2D eigenvalue weighted by Crippen LogP contribution is -2.45. The monoisotopic (exact) mass is 192 g/mol. The first-order valence-electron chi connectivity index (χ1n) is 4.43. The summed E-state index contributed by atoms with van der Waals surface area (Å²) in [5.74, 6) is -0.113. The molecule has 0 saturated carbocycles. The average Bonchev–Trinajstić information content (AvgIpc) is 2.77. The number of hydrogen-bond acceptors (Lipinski definition) is 2. The number of carbonyl (C=O) groups is 1. The Morgan fingerprint density at radius 1 is 1.57 bits per heavy atom. The molecule has 1 unspecified atom stereocenters. The van der Waals surface area contributed by atoms with Crippen LogP contribution in [0.4, 0.5) is 0 Å². The first-order chi connectivity index (χ1) is 6.74. The molecule has 1 atom stereocenters. The van der Waals surface area contributed by atoms with Crippen LogP contribution in [-0.4, -0.2) is 23.7 Å². The van der Waals surface area contributed by atoms with Gasteiger partial charge in [-0.1, -0.05) is 0 Å². The second kappa shape index (κ2) is 3.31. The zero-order valence-electron chi connectivity index (χ0n) is 7.91. The van der Waals surface area contributed by atoms with E-state index in [1.807, 2.05) is 18.3 Å². The van der Waals surface area contributed by atoms with Gasteiger partial charge in [0.1, 0.15) is 0 Å². The molecular formula is C10H12N2O2. The molecule has 0 saturated heterocycles. The molecule has 1 aliphatic rings. The van der Waals surface area contributed by atoms with E-state index in [0.29, 0.717) is 6.42 Å². The maximum absolute atomic E-state index is 11.1. The van der Waals surface area contributed by atoms with E-state index in [1.54, 1.807) is 13.2 Å². The Morgan fingerprint density at radius 3 is 2.93 bits per heavy atom. The minimum atomic E-state index is -0.679. The summed E-state index contributed by atoms with van der Waals surface area (Å²) < 4.78 is 5.30. The van der Waals surface area contributed by atoms with Crippen molar-refractivity contribution >= 4 is 5.91 Å². The normalized spacial score (nSPS) is 25.4. The van der Waals surface area contributed by atoms with E-state index in [0.717, 1.165) is 5.69 Å². The van der Waals surface area contributed by atoms with Crippen molar-refractivity contribution in [2.75, 3.05) is 7.11 Å². The molecule has 74 valence electrons. The molecule has 0 spiro atoms. The first kappa shape index (κ1) is 9.02. The number of ether oxygens (including phenoxy) is 1. The van der Waals surface area contributed by atoms with Gasteiger partial charge in [-0.2, -0.15) is 0 Å². The largest absolute Gasteiger partial charge is 0.365 e. The molecule has 1 amide bonds. The third-order valence-corrected chi connectivity index (χ3v) is 2.32. The second-order valence-electron chi connectivity index (χ2n) is 3.29. The van der Waals surface area contributed by atoms with Gasteiger partial charge in [0.15, 0.2) is 5.72 Å². The van der Waals surface area contributed by atoms with E-state index >= 15 is 0 Å². The molecule has 0 aromatic carbocycles. The zero-order valence-corrected chi connectivity index (χ0v) is 7.91. The van der Waals surface area contributed by atoms with Crippen LogP contribution in [0.15, 0.2) is 30.5 Å². The first-order valence-corrected chi connectivity index (χ1v) is 4.43. The molecule has 2 heterocycles. The van der Waals surface area contributed by atoms with Crippen LogP contribution < -0.4 is 5.32 Å². The zero-order chi connectivity index (χ0) is 10.0. The van der Waals surface area contributed by atoms with Gasteiger partial charge in [0.25, 0.3) is 0 Å². The van der Waals surface area contributed by atoms with Crippen LogP contribution >= 0.6 is 0 Å². The van der Waals surface area contributed by atoms with E-state index in [2.05, 4.69) is 10.3 Å². The molecule has 2 N–H and O–H groups in total. The van der Waals surface area contributed by atoms with E-state index in [4.69, 9.17) is 4.74 Å². The Balaban J connectivity index is 2.15. The number of methoxy groups -OCH3 is 1. The van der Waals surface area contributed by atoms with Gasteiger partial charge in [-0.05, 0) is 18.2 Å². The van der Waals surface area contributed by atoms with Crippen LogP contribution in [-0.2, 0) is 16.0 Å². The highest BCUT2D eigenvalue weighted by molar-refractivity contribution is 5.91. The number of nitrogens with one attached hydrogen (secondary N) is 2. The van der Waals surface area contributed by atoms with E-state index in [9.17, 15) is 4.79 Å². The third kappa shape index (κ3) is 1.56. The van der Waals surface area contributed by atoms with Crippen molar-refractivity contribution in [1.82, 2.24) is 10.3 Å². The van der Waals surface area contributed by atoms with E-state index < -0.39 is 5.72 Å². The van der Waals surface area contributed by atoms with Crippen LogP contribution in [0.2, 0.25) is 0 Å². The van der Waals surface area contributed by atoms with Crippen molar-refractivity contribution in [2.24, 2.45) is 0 Å².